The lowest BCUT2D eigenvalue weighted by Crippen LogP contribution is -2.31. The molecule has 42 heavy (non-hydrogen) atoms. The van der Waals surface area contributed by atoms with Gasteiger partial charge in [0.25, 0.3) is 18.3 Å². The third-order valence-corrected chi connectivity index (χ3v) is 7.27. The average Bonchev–Trinajstić information content (AvgIpc) is 3.73. The van der Waals surface area contributed by atoms with Crippen molar-refractivity contribution in [2.24, 2.45) is 5.92 Å². The van der Waals surface area contributed by atoms with Gasteiger partial charge in [-0.15, -0.1) is 0 Å². The molecule has 15 heteroatoms. The first kappa shape index (κ1) is 27.0. The summed E-state index contributed by atoms with van der Waals surface area (Å²) in [6.07, 6.45) is 4.36. The van der Waals surface area contributed by atoms with Crippen LogP contribution >= 0.6 is 0 Å². The van der Waals surface area contributed by atoms with Crippen LogP contribution in [-0.2, 0) is 32.1 Å². The third-order valence-electron chi connectivity index (χ3n) is 7.27. The van der Waals surface area contributed by atoms with Crippen LogP contribution in [0.4, 0.5) is 16.4 Å². The molecule has 2 aromatic heterocycles. The number of anilines is 2. The number of nitriles is 1. The Bertz CT molecular complexity index is 1540. The molecule has 2 aliphatic heterocycles. The number of nitrogens with one attached hydrogen (secondary N) is 3. The van der Waals surface area contributed by atoms with Gasteiger partial charge < -0.3 is 29.6 Å². The molecular formula is C27H26N8O7. The summed E-state index contributed by atoms with van der Waals surface area (Å²) in [6.45, 7) is 1.85. The molecule has 2 amide bonds. The number of hydrogen-bond donors (Lipinski definition) is 3. The van der Waals surface area contributed by atoms with Crippen molar-refractivity contribution in [3.63, 3.8) is 0 Å². The zero-order valence-corrected chi connectivity index (χ0v) is 22.2. The number of rotatable bonds is 11. The monoisotopic (exact) mass is 574 g/mol. The molecule has 0 saturated carbocycles. The van der Waals surface area contributed by atoms with Crippen LogP contribution in [0.1, 0.15) is 34.8 Å². The van der Waals surface area contributed by atoms with Gasteiger partial charge in [-0.05, 0) is 37.1 Å². The fourth-order valence-electron chi connectivity index (χ4n) is 5.30. The second-order valence-electron chi connectivity index (χ2n) is 9.99. The second-order valence-corrected chi connectivity index (χ2v) is 9.99. The van der Waals surface area contributed by atoms with Crippen LogP contribution in [-0.4, -0.2) is 71.0 Å². The summed E-state index contributed by atoms with van der Waals surface area (Å²) in [5.41, 5.74) is 2.92. The van der Waals surface area contributed by atoms with Crippen molar-refractivity contribution in [3.05, 3.63) is 53.0 Å². The topological polar surface area (TPSA) is 194 Å². The zero-order valence-electron chi connectivity index (χ0n) is 22.2. The van der Waals surface area contributed by atoms with E-state index in [4.69, 9.17) is 18.9 Å². The molecule has 1 fully saturated rings. The van der Waals surface area contributed by atoms with Crippen LogP contribution in [0.15, 0.2) is 30.7 Å². The summed E-state index contributed by atoms with van der Waals surface area (Å²) in [7, 11) is 0. The van der Waals surface area contributed by atoms with Crippen molar-refractivity contribution in [2.45, 2.75) is 31.7 Å². The third kappa shape index (κ3) is 5.52. The quantitative estimate of drug-likeness (QED) is 0.220. The number of H-pyrrole nitrogens is 1. The van der Waals surface area contributed by atoms with E-state index in [2.05, 4.69) is 36.9 Å². The molecule has 0 bridgehead atoms. The Balaban J connectivity index is 1.04. The van der Waals surface area contributed by atoms with E-state index in [1.807, 2.05) is 6.07 Å². The number of aromatic nitrogens is 4. The van der Waals surface area contributed by atoms with Crippen LogP contribution in [0.2, 0.25) is 0 Å². The standard InChI is InChI=1S/C27H26N8O7/c28-6-16-3-19(39-12-15-7-31-32-8-15)5-21-20(16)4-17(24(21)41-14-36)9-29-2-1-18-11-35(27(38)42-18)22-10-30-26-25(33-22)34-23(37)13-40-26/h3,5,7-8,10,14,17-18,24,29H,1-2,4,9,11-13H2,(H,31,32)(H,33,34,37). The molecular weight excluding hydrogens is 548 g/mol. The van der Waals surface area contributed by atoms with Gasteiger partial charge in [-0.3, -0.25) is 19.6 Å². The van der Waals surface area contributed by atoms with E-state index in [0.29, 0.717) is 43.7 Å². The lowest BCUT2D eigenvalue weighted by molar-refractivity contribution is -0.136. The van der Waals surface area contributed by atoms with Crippen molar-refractivity contribution in [1.82, 2.24) is 25.5 Å². The summed E-state index contributed by atoms with van der Waals surface area (Å²) in [6, 6.07) is 5.75. The van der Waals surface area contributed by atoms with Gasteiger partial charge in [0.15, 0.2) is 18.2 Å². The predicted molar refractivity (Wildman–Crippen MR) is 142 cm³/mol. The van der Waals surface area contributed by atoms with Gasteiger partial charge in [0.2, 0.25) is 0 Å². The van der Waals surface area contributed by atoms with Crippen LogP contribution in [0.5, 0.6) is 11.6 Å². The van der Waals surface area contributed by atoms with Crippen LogP contribution in [0.3, 0.4) is 0 Å². The molecule has 6 rings (SSSR count). The zero-order chi connectivity index (χ0) is 29.1. The van der Waals surface area contributed by atoms with Gasteiger partial charge in [-0.1, -0.05) is 0 Å². The first-order valence-corrected chi connectivity index (χ1v) is 13.3. The van der Waals surface area contributed by atoms with Gasteiger partial charge in [0.05, 0.1) is 30.6 Å². The van der Waals surface area contributed by atoms with Gasteiger partial charge in [-0.2, -0.15) is 10.4 Å². The van der Waals surface area contributed by atoms with Crippen LogP contribution in [0, 0.1) is 17.2 Å². The maximum Gasteiger partial charge on any atom is 0.415 e. The van der Waals surface area contributed by atoms with Crippen molar-refractivity contribution >= 4 is 30.1 Å². The first-order chi connectivity index (χ1) is 20.5. The Morgan fingerprint density at radius 2 is 2.19 bits per heavy atom. The Kier molecular flexibility index (Phi) is 7.52. The largest absolute Gasteiger partial charge is 0.489 e. The second kappa shape index (κ2) is 11.7. The number of aromatic amines is 1. The van der Waals surface area contributed by atoms with E-state index < -0.39 is 18.3 Å². The molecule has 15 nitrogen and oxygen atoms in total. The maximum absolute atomic E-state index is 12.5. The van der Waals surface area contributed by atoms with E-state index in [0.717, 1.165) is 16.7 Å². The van der Waals surface area contributed by atoms with Crippen molar-refractivity contribution in [1.29, 1.82) is 5.26 Å². The Labute approximate surface area is 239 Å². The van der Waals surface area contributed by atoms with Gasteiger partial charge in [-0.25, -0.2) is 14.8 Å². The lowest BCUT2D eigenvalue weighted by Gasteiger charge is -2.20. The predicted octanol–water partition coefficient (Wildman–Crippen LogP) is 1.37. The summed E-state index contributed by atoms with van der Waals surface area (Å²) < 4.78 is 22.1. The Hall–Kier alpha value is -5.23. The highest BCUT2D eigenvalue weighted by Crippen LogP contribution is 2.42. The van der Waals surface area contributed by atoms with Crippen molar-refractivity contribution < 1.29 is 33.3 Å². The van der Waals surface area contributed by atoms with Crippen molar-refractivity contribution in [2.75, 3.05) is 36.5 Å². The highest BCUT2D eigenvalue weighted by atomic mass is 16.6. The molecule has 3 N–H and O–H groups in total. The molecule has 1 aromatic carbocycles. The number of ether oxygens (including phenoxy) is 4. The van der Waals surface area contributed by atoms with Crippen molar-refractivity contribution in [3.8, 4) is 17.7 Å². The Morgan fingerprint density at radius 3 is 3.00 bits per heavy atom. The molecule has 3 aromatic rings. The summed E-state index contributed by atoms with van der Waals surface area (Å²) in [4.78, 5) is 45.2. The lowest BCUT2D eigenvalue weighted by atomic mass is 10.0. The molecule has 3 unspecified atom stereocenters. The van der Waals surface area contributed by atoms with E-state index >= 15 is 0 Å². The number of cyclic esters (lactones) is 1. The SMILES string of the molecule is N#Cc1cc(OCc2cn[nH]c2)cc2c1CC(CNCCC1CN(c3cnc4c(n3)NC(=O)CO4)C(=O)O1)C2OC=O. The molecule has 3 aliphatic rings. The number of benzene rings is 1. The number of hydrogen-bond acceptors (Lipinski definition) is 12. The summed E-state index contributed by atoms with van der Waals surface area (Å²) in [5, 5.41) is 22.4. The number of nitrogens with zero attached hydrogens (tertiary/aromatic N) is 5. The van der Waals surface area contributed by atoms with Crippen LogP contribution < -0.4 is 25.0 Å². The highest BCUT2D eigenvalue weighted by molar-refractivity contribution is 5.94. The fraction of sp³-hybridized carbons (Fsp3) is 0.370. The average molecular weight is 575 g/mol. The minimum Gasteiger partial charge on any atom is -0.489 e. The fourth-order valence-corrected chi connectivity index (χ4v) is 5.30. The molecule has 0 radical (unpaired) electrons. The van der Waals surface area contributed by atoms with Gasteiger partial charge in [0.1, 0.15) is 24.6 Å². The van der Waals surface area contributed by atoms with E-state index in [1.165, 1.54) is 11.1 Å². The normalized spacial score (nSPS) is 20.5. The molecule has 3 atom stereocenters. The minimum atomic E-state index is -0.558. The van der Waals surface area contributed by atoms with Crippen LogP contribution in [0.25, 0.3) is 0 Å². The molecule has 1 aliphatic carbocycles. The number of carbonyl (C=O) groups excluding carboxylic acids is 3. The highest BCUT2D eigenvalue weighted by Gasteiger charge is 2.37. The number of carbonyl (C=O) groups is 3. The molecule has 0 spiro atoms. The first-order valence-electron chi connectivity index (χ1n) is 13.3. The minimum absolute atomic E-state index is 0.104. The van der Waals surface area contributed by atoms with E-state index in [-0.39, 0.29) is 49.1 Å². The van der Waals surface area contributed by atoms with Gasteiger partial charge >= 0.3 is 6.09 Å². The molecule has 4 heterocycles. The maximum atomic E-state index is 12.5. The summed E-state index contributed by atoms with van der Waals surface area (Å²) in [5.74, 6) is 0.646. The summed E-state index contributed by atoms with van der Waals surface area (Å²) >= 11 is 0. The molecule has 216 valence electrons. The number of amides is 2. The van der Waals surface area contributed by atoms with E-state index in [1.54, 1.807) is 18.5 Å². The van der Waals surface area contributed by atoms with E-state index in [9.17, 15) is 19.6 Å². The smallest absolute Gasteiger partial charge is 0.415 e. The number of fused-ring (bicyclic) bond motifs is 2. The Morgan fingerprint density at radius 1 is 1.29 bits per heavy atom. The van der Waals surface area contributed by atoms with Gasteiger partial charge in [0, 0.05) is 29.8 Å². The molecule has 1 saturated heterocycles.